The minimum atomic E-state index is -0.469. The molecular formula is C18H14ClN3O4. The van der Waals surface area contributed by atoms with E-state index in [1.165, 1.54) is 24.3 Å². The zero-order chi connectivity index (χ0) is 18.4. The second-order valence-corrected chi connectivity index (χ2v) is 6.84. The molecule has 0 saturated carbocycles. The van der Waals surface area contributed by atoms with Crippen molar-refractivity contribution in [2.45, 2.75) is 18.4 Å². The summed E-state index contributed by atoms with van der Waals surface area (Å²) in [6.07, 6.45) is 4.86. The fourth-order valence-corrected chi connectivity index (χ4v) is 4.18. The lowest BCUT2D eigenvalue weighted by Crippen LogP contribution is -2.29. The van der Waals surface area contributed by atoms with Gasteiger partial charge in [0.2, 0.25) is 0 Å². The molecule has 4 rings (SSSR count). The van der Waals surface area contributed by atoms with Crippen LogP contribution in [0.15, 0.2) is 48.6 Å². The molecule has 0 spiro atoms. The lowest BCUT2D eigenvalue weighted by Gasteiger charge is -2.37. The minimum Gasteiger partial charge on any atom is -0.372 e. The highest BCUT2D eigenvalue weighted by atomic mass is 35.5. The van der Waals surface area contributed by atoms with Crippen molar-refractivity contribution >= 4 is 28.7 Å². The monoisotopic (exact) mass is 371 g/mol. The van der Waals surface area contributed by atoms with Crippen LogP contribution in [0.3, 0.4) is 0 Å². The molecule has 0 bridgehead atoms. The summed E-state index contributed by atoms with van der Waals surface area (Å²) in [4.78, 5) is 21.7. The highest BCUT2D eigenvalue weighted by Gasteiger charge is 2.41. The van der Waals surface area contributed by atoms with Crippen molar-refractivity contribution < 1.29 is 9.85 Å². The van der Waals surface area contributed by atoms with Crippen molar-refractivity contribution in [2.75, 3.05) is 5.32 Å². The van der Waals surface area contributed by atoms with E-state index in [4.69, 9.17) is 11.6 Å². The largest absolute Gasteiger partial charge is 0.372 e. The number of para-hydroxylation sites is 1. The zero-order valence-corrected chi connectivity index (χ0v) is 14.2. The number of anilines is 1. The van der Waals surface area contributed by atoms with E-state index in [0.29, 0.717) is 16.3 Å². The van der Waals surface area contributed by atoms with Crippen LogP contribution in [0, 0.1) is 26.1 Å². The molecule has 1 aliphatic carbocycles. The van der Waals surface area contributed by atoms with Crippen molar-refractivity contribution in [2.24, 2.45) is 5.92 Å². The first-order chi connectivity index (χ1) is 12.5. The van der Waals surface area contributed by atoms with E-state index in [0.717, 1.165) is 12.0 Å². The third-order valence-electron chi connectivity index (χ3n) is 5.10. The van der Waals surface area contributed by atoms with Gasteiger partial charge in [-0.15, -0.1) is 0 Å². The number of allylic oxidation sites excluding steroid dienone is 2. The molecule has 2 aromatic rings. The summed E-state index contributed by atoms with van der Waals surface area (Å²) in [6, 6.07) is 8.98. The van der Waals surface area contributed by atoms with Gasteiger partial charge in [-0.25, -0.2) is 0 Å². The molecule has 0 fully saturated rings. The van der Waals surface area contributed by atoms with Crippen LogP contribution in [0.2, 0.25) is 5.02 Å². The summed E-state index contributed by atoms with van der Waals surface area (Å²) in [5.74, 6) is 0.0930. The van der Waals surface area contributed by atoms with Crippen LogP contribution in [0.5, 0.6) is 0 Å². The molecule has 1 aliphatic heterocycles. The molecule has 132 valence electrons. The topological polar surface area (TPSA) is 98.3 Å². The molecule has 0 radical (unpaired) electrons. The smallest absolute Gasteiger partial charge is 0.292 e. The number of nitrogens with zero attached hydrogens (tertiary/aromatic N) is 2. The molecule has 0 saturated heterocycles. The Morgan fingerprint density at radius 2 is 1.88 bits per heavy atom. The molecule has 1 heterocycles. The van der Waals surface area contributed by atoms with Crippen LogP contribution in [0.25, 0.3) is 0 Å². The molecule has 0 amide bonds. The lowest BCUT2D eigenvalue weighted by molar-refractivity contribution is -0.384. The Morgan fingerprint density at radius 1 is 1.08 bits per heavy atom. The molecular weight excluding hydrogens is 358 g/mol. The minimum absolute atomic E-state index is 0.00600. The molecule has 2 aromatic carbocycles. The van der Waals surface area contributed by atoms with Gasteiger partial charge in [-0.05, 0) is 24.0 Å². The Balaban J connectivity index is 1.86. The van der Waals surface area contributed by atoms with Crippen LogP contribution in [-0.2, 0) is 0 Å². The fraction of sp³-hybridized carbons (Fsp3) is 0.222. The molecule has 3 atom stereocenters. The second-order valence-electron chi connectivity index (χ2n) is 6.44. The maximum atomic E-state index is 11.5. The number of nitrogens with one attached hydrogen (secondary N) is 1. The van der Waals surface area contributed by atoms with Gasteiger partial charge in [0, 0.05) is 34.7 Å². The number of nitro groups is 2. The maximum absolute atomic E-state index is 11.5. The van der Waals surface area contributed by atoms with E-state index < -0.39 is 9.85 Å². The standard InChI is InChI=1S/C18H14ClN3O4/c19-15-8-7-10(21(23)24)9-14(15)17-12-4-1-3-11(12)13-5-2-6-16(22(25)26)18(13)20-17/h1-3,5-9,11-12,17,20H,4H2/t11-,12-,17-/m1/s1. The Kier molecular flexibility index (Phi) is 3.88. The Bertz CT molecular complexity index is 959. The number of non-ortho nitro benzene ring substituents is 1. The van der Waals surface area contributed by atoms with Gasteiger partial charge in [0.15, 0.2) is 0 Å². The quantitative estimate of drug-likeness (QED) is 0.466. The van der Waals surface area contributed by atoms with E-state index in [2.05, 4.69) is 5.32 Å². The number of hydrogen-bond acceptors (Lipinski definition) is 5. The number of benzene rings is 2. The summed E-state index contributed by atoms with van der Waals surface area (Å²) in [5, 5.41) is 26.3. The van der Waals surface area contributed by atoms with Gasteiger partial charge in [-0.3, -0.25) is 20.2 Å². The average Bonchev–Trinajstić information content (AvgIpc) is 3.10. The number of hydrogen-bond donors (Lipinski definition) is 1. The van der Waals surface area contributed by atoms with Crippen LogP contribution in [-0.4, -0.2) is 9.85 Å². The molecule has 26 heavy (non-hydrogen) atoms. The SMILES string of the molecule is O=[N+]([O-])c1ccc(Cl)c([C@@H]2Nc3c(cccc3[N+](=O)[O-])[C@@H]3C=CC[C@H]32)c1. The third kappa shape index (κ3) is 2.52. The van der Waals surface area contributed by atoms with Crippen molar-refractivity contribution in [3.8, 4) is 0 Å². The van der Waals surface area contributed by atoms with Gasteiger partial charge in [0.25, 0.3) is 11.4 Å². The number of nitro benzene ring substituents is 2. The van der Waals surface area contributed by atoms with E-state index in [1.807, 2.05) is 18.2 Å². The maximum Gasteiger partial charge on any atom is 0.292 e. The van der Waals surface area contributed by atoms with E-state index in [9.17, 15) is 20.2 Å². The highest BCUT2D eigenvalue weighted by Crippen LogP contribution is 2.53. The average molecular weight is 372 g/mol. The predicted molar refractivity (Wildman–Crippen MR) is 97.6 cm³/mol. The molecule has 0 unspecified atom stereocenters. The van der Waals surface area contributed by atoms with Crippen LogP contribution >= 0.6 is 11.6 Å². The van der Waals surface area contributed by atoms with Gasteiger partial charge in [-0.1, -0.05) is 35.9 Å². The van der Waals surface area contributed by atoms with E-state index in [-0.39, 0.29) is 29.3 Å². The van der Waals surface area contributed by atoms with Crippen molar-refractivity contribution in [3.05, 3.63) is 84.9 Å². The van der Waals surface area contributed by atoms with Gasteiger partial charge >= 0.3 is 0 Å². The molecule has 1 N–H and O–H groups in total. The van der Waals surface area contributed by atoms with Crippen LogP contribution in [0.1, 0.15) is 29.5 Å². The first-order valence-electron chi connectivity index (χ1n) is 8.11. The normalized spacial score (nSPS) is 23.0. The summed E-state index contributed by atoms with van der Waals surface area (Å²) in [7, 11) is 0. The first-order valence-corrected chi connectivity index (χ1v) is 8.49. The number of rotatable bonds is 3. The Hall–Kier alpha value is -2.93. The Morgan fingerprint density at radius 3 is 2.62 bits per heavy atom. The van der Waals surface area contributed by atoms with E-state index in [1.54, 1.807) is 6.07 Å². The second kappa shape index (κ2) is 6.10. The molecule has 2 aliphatic rings. The predicted octanol–water partition coefficient (Wildman–Crippen LogP) is 4.98. The Labute approximate surface area is 153 Å². The van der Waals surface area contributed by atoms with Crippen LogP contribution < -0.4 is 5.32 Å². The summed E-state index contributed by atoms with van der Waals surface area (Å²) < 4.78 is 0. The van der Waals surface area contributed by atoms with Crippen molar-refractivity contribution in [1.29, 1.82) is 0 Å². The van der Waals surface area contributed by atoms with Crippen molar-refractivity contribution in [1.82, 2.24) is 0 Å². The van der Waals surface area contributed by atoms with Crippen LogP contribution in [0.4, 0.5) is 17.1 Å². The first kappa shape index (κ1) is 16.5. The summed E-state index contributed by atoms with van der Waals surface area (Å²) in [5.41, 5.74) is 1.85. The van der Waals surface area contributed by atoms with Gasteiger partial charge in [0.1, 0.15) is 5.69 Å². The zero-order valence-electron chi connectivity index (χ0n) is 13.5. The lowest BCUT2D eigenvalue weighted by atomic mass is 9.76. The number of fused-ring (bicyclic) bond motifs is 3. The van der Waals surface area contributed by atoms with Gasteiger partial charge in [-0.2, -0.15) is 0 Å². The fourth-order valence-electron chi connectivity index (χ4n) is 3.95. The third-order valence-corrected chi connectivity index (χ3v) is 5.44. The number of halogens is 1. The highest BCUT2D eigenvalue weighted by molar-refractivity contribution is 6.31. The van der Waals surface area contributed by atoms with Gasteiger partial charge < -0.3 is 5.32 Å². The summed E-state index contributed by atoms with van der Waals surface area (Å²) in [6.45, 7) is 0. The van der Waals surface area contributed by atoms with E-state index >= 15 is 0 Å². The molecule has 7 nitrogen and oxygen atoms in total. The van der Waals surface area contributed by atoms with Crippen molar-refractivity contribution in [3.63, 3.8) is 0 Å². The summed E-state index contributed by atoms with van der Waals surface area (Å²) >= 11 is 6.34. The molecule has 0 aromatic heterocycles. The van der Waals surface area contributed by atoms with Gasteiger partial charge in [0.05, 0.1) is 15.9 Å². The molecule has 8 heteroatoms.